The Labute approximate surface area is 121 Å². The van der Waals surface area contributed by atoms with E-state index in [1.807, 2.05) is 0 Å². The van der Waals surface area contributed by atoms with Crippen LogP contribution in [-0.4, -0.2) is 22.8 Å². The number of carbonyl (C=O) groups excluding carboxylic acids is 1. The molecule has 1 aliphatic rings. The lowest BCUT2D eigenvalue weighted by Crippen LogP contribution is -2.40. The van der Waals surface area contributed by atoms with Gasteiger partial charge in [-0.1, -0.05) is 29.3 Å². The molecule has 2 atom stereocenters. The maximum absolute atomic E-state index is 11.4. The van der Waals surface area contributed by atoms with Crippen molar-refractivity contribution in [3.8, 4) is 0 Å². The average Bonchev–Trinajstić information content (AvgIpc) is 2.28. The van der Waals surface area contributed by atoms with Gasteiger partial charge in [-0.3, -0.25) is 4.79 Å². The number of carbonyl (C=O) groups is 1. The van der Waals surface area contributed by atoms with Gasteiger partial charge in [0.1, 0.15) is 6.10 Å². The number of hydrogen-bond acceptors (Lipinski definition) is 3. The molecule has 1 aromatic rings. The van der Waals surface area contributed by atoms with Crippen molar-refractivity contribution >= 4 is 35.2 Å². The number of cyclic esters (lactones) is 1. The van der Waals surface area contributed by atoms with Crippen LogP contribution in [0.4, 0.5) is 0 Å². The summed E-state index contributed by atoms with van der Waals surface area (Å²) in [7, 11) is 0. The van der Waals surface area contributed by atoms with E-state index in [-0.39, 0.29) is 6.42 Å². The molecule has 1 heterocycles. The summed E-state index contributed by atoms with van der Waals surface area (Å²) in [5.74, 6) is -0.400. The zero-order valence-corrected chi connectivity index (χ0v) is 11.9. The van der Waals surface area contributed by atoms with Crippen LogP contribution in [0.3, 0.4) is 0 Å². The smallest absolute Gasteiger partial charge is 0.309 e. The van der Waals surface area contributed by atoms with Crippen molar-refractivity contribution in [2.75, 3.05) is 0 Å². The van der Waals surface area contributed by atoms with E-state index in [2.05, 4.69) is 0 Å². The molecule has 102 valence electrons. The summed E-state index contributed by atoms with van der Waals surface area (Å²) in [6.45, 7) is 1.63. The molecule has 0 aliphatic carbocycles. The highest BCUT2D eigenvalue weighted by molar-refractivity contribution is 6.34. The highest BCUT2D eigenvalue weighted by Crippen LogP contribution is 2.27. The van der Waals surface area contributed by atoms with Gasteiger partial charge < -0.3 is 9.84 Å². The van der Waals surface area contributed by atoms with Crippen molar-refractivity contribution < 1.29 is 14.6 Å². The SMILES string of the molecule is CC1(O)CC(=O)OC(C=Cc2cc(Cl)ccc2Cl)C1. The molecule has 5 heteroatoms. The normalized spacial score (nSPS) is 27.6. The lowest BCUT2D eigenvalue weighted by Gasteiger charge is -2.31. The van der Waals surface area contributed by atoms with Crippen LogP contribution >= 0.6 is 23.2 Å². The van der Waals surface area contributed by atoms with Crippen molar-refractivity contribution in [3.05, 3.63) is 39.9 Å². The van der Waals surface area contributed by atoms with Crippen LogP contribution in [0.5, 0.6) is 0 Å². The zero-order valence-electron chi connectivity index (χ0n) is 10.4. The predicted octanol–water partition coefficient (Wildman–Crippen LogP) is 3.46. The standard InChI is InChI=1S/C14H14Cl2O3/c1-14(18)7-11(19-13(17)8-14)4-2-9-6-10(15)3-5-12(9)16/h2-6,11,18H,7-8H2,1H3. The molecule has 3 nitrogen and oxygen atoms in total. The molecule has 1 aliphatic heterocycles. The van der Waals surface area contributed by atoms with Gasteiger partial charge in [0.2, 0.25) is 0 Å². The summed E-state index contributed by atoms with van der Waals surface area (Å²) in [6, 6.07) is 5.13. The quantitative estimate of drug-likeness (QED) is 0.851. The van der Waals surface area contributed by atoms with Gasteiger partial charge in [-0.05, 0) is 36.8 Å². The maximum atomic E-state index is 11.4. The van der Waals surface area contributed by atoms with E-state index in [4.69, 9.17) is 27.9 Å². The van der Waals surface area contributed by atoms with E-state index in [0.29, 0.717) is 16.5 Å². The van der Waals surface area contributed by atoms with Crippen LogP contribution in [-0.2, 0) is 9.53 Å². The van der Waals surface area contributed by atoms with Gasteiger partial charge in [-0.15, -0.1) is 0 Å². The van der Waals surface area contributed by atoms with E-state index in [9.17, 15) is 9.90 Å². The van der Waals surface area contributed by atoms with Crippen LogP contribution in [0.25, 0.3) is 6.08 Å². The van der Waals surface area contributed by atoms with Gasteiger partial charge in [0.25, 0.3) is 0 Å². The summed E-state index contributed by atoms with van der Waals surface area (Å²) in [6.07, 6.45) is 3.39. The molecule has 1 fully saturated rings. The Kier molecular flexibility index (Phi) is 4.19. The van der Waals surface area contributed by atoms with Crippen LogP contribution < -0.4 is 0 Å². The van der Waals surface area contributed by atoms with Gasteiger partial charge in [-0.25, -0.2) is 0 Å². The summed E-state index contributed by atoms with van der Waals surface area (Å²) in [5.41, 5.74) is -0.280. The Balaban J connectivity index is 2.14. The van der Waals surface area contributed by atoms with Crippen LogP contribution in [0.15, 0.2) is 24.3 Å². The number of hydrogen-bond donors (Lipinski definition) is 1. The highest BCUT2D eigenvalue weighted by Gasteiger charge is 2.34. The molecule has 0 radical (unpaired) electrons. The predicted molar refractivity (Wildman–Crippen MR) is 75.2 cm³/mol. The summed E-state index contributed by atoms with van der Waals surface area (Å²) >= 11 is 11.9. The number of ether oxygens (including phenoxy) is 1. The molecular formula is C14H14Cl2O3. The lowest BCUT2D eigenvalue weighted by molar-refractivity contribution is -0.163. The van der Waals surface area contributed by atoms with Crippen molar-refractivity contribution in [3.63, 3.8) is 0 Å². The number of aliphatic hydroxyl groups is 1. The van der Waals surface area contributed by atoms with Crippen molar-refractivity contribution in [1.29, 1.82) is 0 Å². The van der Waals surface area contributed by atoms with Crippen molar-refractivity contribution in [2.24, 2.45) is 0 Å². The first-order valence-electron chi connectivity index (χ1n) is 5.91. The minimum atomic E-state index is -1.03. The Bertz CT molecular complexity index is 523. The third kappa shape index (κ3) is 3.96. The summed E-state index contributed by atoms with van der Waals surface area (Å²) in [5, 5.41) is 11.1. The molecule has 0 amide bonds. The minimum Gasteiger partial charge on any atom is -0.458 e. The first-order chi connectivity index (χ1) is 8.85. The number of rotatable bonds is 2. The second-order valence-corrected chi connectivity index (χ2v) is 5.77. The number of benzene rings is 1. The van der Waals surface area contributed by atoms with Gasteiger partial charge >= 0.3 is 5.97 Å². The van der Waals surface area contributed by atoms with Crippen LogP contribution in [0, 0.1) is 0 Å². The monoisotopic (exact) mass is 300 g/mol. The summed E-state index contributed by atoms with van der Waals surface area (Å²) in [4.78, 5) is 11.4. The topological polar surface area (TPSA) is 46.5 Å². The molecular weight excluding hydrogens is 287 g/mol. The Morgan fingerprint density at radius 3 is 2.89 bits per heavy atom. The van der Waals surface area contributed by atoms with Gasteiger partial charge in [0.05, 0.1) is 12.0 Å². The second kappa shape index (κ2) is 5.53. The Morgan fingerprint density at radius 2 is 2.21 bits per heavy atom. The van der Waals surface area contributed by atoms with E-state index < -0.39 is 17.7 Å². The van der Waals surface area contributed by atoms with Crippen molar-refractivity contribution in [2.45, 2.75) is 31.5 Å². The molecule has 0 bridgehead atoms. The highest BCUT2D eigenvalue weighted by atomic mass is 35.5. The van der Waals surface area contributed by atoms with E-state index in [1.165, 1.54) is 0 Å². The largest absolute Gasteiger partial charge is 0.458 e. The molecule has 1 aromatic carbocycles. The third-order valence-electron chi connectivity index (χ3n) is 2.90. The summed E-state index contributed by atoms with van der Waals surface area (Å²) < 4.78 is 5.15. The zero-order chi connectivity index (χ0) is 14.0. The van der Waals surface area contributed by atoms with Crippen LogP contribution in [0.2, 0.25) is 10.0 Å². The molecule has 2 unspecified atom stereocenters. The van der Waals surface area contributed by atoms with Crippen molar-refractivity contribution in [1.82, 2.24) is 0 Å². The van der Waals surface area contributed by atoms with Gasteiger partial charge in [0, 0.05) is 16.5 Å². The molecule has 0 aromatic heterocycles. The number of esters is 1. The molecule has 1 saturated heterocycles. The fraction of sp³-hybridized carbons (Fsp3) is 0.357. The molecule has 0 saturated carbocycles. The number of halogens is 2. The molecule has 0 spiro atoms. The average molecular weight is 301 g/mol. The lowest BCUT2D eigenvalue weighted by atomic mass is 9.92. The fourth-order valence-electron chi connectivity index (χ4n) is 2.03. The molecule has 1 N–H and O–H groups in total. The van der Waals surface area contributed by atoms with Crippen LogP contribution in [0.1, 0.15) is 25.3 Å². The first-order valence-corrected chi connectivity index (χ1v) is 6.66. The van der Waals surface area contributed by atoms with E-state index in [0.717, 1.165) is 5.56 Å². The Morgan fingerprint density at radius 1 is 1.47 bits per heavy atom. The van der Waals surface area contributed by atoms with E-state index >= 15 is 0 Å². The van der Waals surface area contributed by atoms with Gasteiger partial charge in [-0.2, -0.15) is 0 Å². The maximum Gasteiger partial charge on any atom is 0.309 e. The molecule has 2 rings (SSSR count). The first kappa shape index (κ1) is 14.4. The third-order valence-corrected chi connectivity index (χ3v) is 3.48. The minimum absolute atomic E-state index is 0.0231. The molecule has 19 heavy (non-hydrogen) atoms. The van der Waals surface area contributed by atoms with Gasteiger partial charge in [0.15, 0.2) is 0 Å². The van der Waals surface area contributed by atoms with E-state index in [1.54, 1.807) is 37.3 Å². The fourth-order valence-corrected chi connectivity index (χ4v) is 2.39. The Hall–Kier alpha value is -1.03. The second-order valence-electron chi connectivity index (χ2n) is 4.93.